The van der Waals surface area contributed by atoms with Crippen LogP contribution in [0.5, 0.6) is 0 Å². The first kappa shape index (κ1) is 22.5. The zero-order valence-electron chi connectivity index (χ0n) is 17.8. The van der Waals surface area contributed by atoms with Crippen LogP contribution in [0.25, 0.3) is 0 Å². The Balaban J connectivity index is 1.55. The summed E-state index contributed by atoms with van der Waals surface area (Å²) in [4.78, 5) is 15.1. The molecule has 168 valence electrons. The fourth-order valence-electron chi connectivity index (χ4n) is 4.19. The van der Waals surface area contributed by atoms with Gasteiger partial charge in [0.15, 0.2) is 0 Å². The Morgan fingerprint density at radius 3 is 2.43 bits per heavy atom. The fourth-order valence-corrected chi connectivity index (χ4v) is 4.19. The number of halogens is 3. The van der Waals surface area contributed by atoms with Crippen molar-refractivity contribution >= 4 is 17.5 Å². The van der Waals surface area contributed by atoms with Crippen molar-refractivity contribution in [2.24, 2.45) is 0 Å². The maximum Gasteiger partial charge on any atom is 0.407 e. The average molecular weight is 428 g/mol. The highest BCUT2D eigenvalue weighted by molar-refractivity contribution is 5.68. The van der Waals surface area contributed by atoms with Crippen LogP contribution < -0.4 is 16.0 Å². The van der Waals surface area contributed by atoms with E-state index in [-0.39, 0.29) is 23.8 Å². The number of benzene rings is 1. The maximum absolute atomic E-state index is 15.0. The SMILES string of the molecule is CC(C)(C)OC(=O)NC1CCN(C2CCN(c3ccc(N)cc3F)CC2(F)F)CC1. The van der Waals surface area contributed by atoms with Gasteiger partial charge in [-0.2, -0.15) is 0 Å². The summed E-state index contributed by atoms with van der Waals surface area (Å²) >= 11 is 0. The summed E-state index contributed by atoms with van der Waals surface area (Å²) in [7, 11) is 0. The van der Waals surface area contributed by atoms with Gasteiger partial charge in [0, 0.05) is 31.4 Å². The van der Waals surface area contributed by atoms with E-state index in [1.54, 1.807) is 25.7 Å². The summed E-state index contributed by atoms with van der Waals surface area (Å²) in [5.41, 5.74) is 5.40. The van der Waals surface area contributed by atoms with Crippen LogP contribution in [0.2, 0.25) is 0 Å². The molecular weight excluding hydrogens is 397 g/mol. The third-order valence-electron chi connectivity index (χ3n) is 5.57. The van der Waals surface area contributed by atoms with Crippen molar-refractivity contribution < 1.29 is 22.7 Å². The molecule has 1 aromatic carbocycles. The molecule has 1 atom stereocenters. The molecule has 0 bridgehead atoms. The van der Waals surface area contributed by atoms with Crippen molar-refractivity contribution in [2.45, 2.75) is 63.6 Å². The molecule has 0 saturated carbocycles. The van der Waals surface area contributed by atoms with Crippen molar-refractivity contribution in [2.75, 3.05) is 36.8 Å². The van der Waals surface area contributed by atoms with Gasteiger partial charge in [-0.05, 0) is 58.2 Å². The van der Waals surface area contributed by atoms with E-state index in [9.17, 15) is 18.0 Å². The average Bonchev–Trinajstić information content (AvgIpc) is 2.60. The molecule has 1 amide bonds. The highest BCUT2D eigenvalue weighted by Gasteiger charge is 2.48. The largest absolute Gasteiger partial charge is 0.444 e. The van der Waals surface area contributed by atoms with Crippen molar-refractivity contribution in [3.05, 3.63) is 24.0 Å². The Hall–Kier alpha value is -2.16. The lowest BCUT2D eigenvalue weighted by Gasteiger charge is -2.46. The summed E-state index contributed by atoms with van der Waals surface area (Å²) in [6, 6.07) is 3.14. The number of rotatable bonds is 3. The lowest BCUT2D eigenvalue weighted by atomic mass is 9.94. The second kappa shape index (κ2) is 8.53. The van der Waals surface area contributed by atoms with Crippen LogP contribution in [0.1, 0.15) is 40.0 Å². The number of likely N-dealkylation sites (tertiary alicyclic amines) is 1. The fraction of sp³-hybridized carbons (Fsp3) is 0.667. The van der Waals surface area contributed by atoms with E-state index in [1.165, 1.54) is 17.0 Å². The van der Waals surface area contributed by atoms with Gasteiger partial charge in [-0.25, -0.2) is 18.0 Å². The monoisotopic (exact) mass is 428 g/mol. The van der Waals surface area contributed by atoms with Gasteiger partial charge in [0.1, 0.15) is 11.4 Å². The quantitative estimate of drug-likeness (QED) is 0.720. The Labute approximate surface area is 175 Å². The van der Waals surface area contributed by atoms with E-state index < -0.39 is 36.0 Å². The van der Waals surface area contributed by atoms with E-state index in [0.29, 0.717) is 32.5 Å². The Morgan fingerprint density at radius 2 is 1.87 bits per heavy atom. The van der Waals surface area contributed by atoms with Crippen LogP contribution >= 0.6 is 0 Å². The molecule has 0 aromatic heterocycles. The maximum atomic E-state index is 15.0. The summed E-state index contributed by atoms with van der Waals surface area (Å²) in [5.74, 6) is -3.56. The van der Waals surface area contributed by atoms with Crippen molar-refractivity contribution in [3.63, 3.8) is 0 Å². The number of nitrogens with zero attached hydrogens (tertiary/aromatic N) is 2. The molecule has 30 heavy (non-hydrogen) atoms. The van der Waals surface area contributed by atoms with Crippen LogP contribution in [0.15, 0.2) is 18.2 Å². The highest BCUT2D eigenvalue weighted by Crippen LogP contribution is 2.36. The Bertz CT molecular complexity index is 761. The standard InChI is InChI=1S/C21H31F3N4O2/c1-20(2,3)30-19(29)26-15-6-9-27(10-7-15)18-8-11-28(13-21(18,23)24)17-5-4-14(25)12-16(17)22/h4-5,12,15,18H,6-11,13,25H2,1-3H3,(H,26,29). The molecule has 2 heterocycles. The van der Waals surface area contributed by atoms with Crippen LogP contribution in [0, 0.1) is 5.82 Å². The number of ether oxygens (including phenoxy) is 1. The summed E-state index contributed by atoms with van der Waals surface area (Å²) in [5, 5.41) is 2.82. The number of carbonyl (C=O) groups excluding carboxylic acids is 1. The zero-order valence-corrected chi connectivity index (χ0v) is 17.8. The van der Waals surface area contributed by atoms with Gasteiger partial charge in [-0.3, -0.25) is 4.90 Å². The number of nitrogens with one attached hydrogen (secondary N) is 1. The third-order valence-corrected chi connectivity index (χ3v) is 5.57. The minimum Gasteiger partial charge on any atom is -0.444 e. The summed E-state index contributed by atoms with van der Waals surface area (Å²) in [6.45, 7) is 6.12. The Morgan fingerprint density at radius 1 is 1.20 bits per heavy atom. The van der Waals surface area contributed by atoms with E-state index >= 15 is 0 Å². The van der Waals surface area contributed by atoms with E-state index in [1.807, 2.05) is 0 Å². The lowest BCUT2D eigenvalue weighted by Crippen LogP contribution is -2.60. The first-order valence-corrected chi connectivity index (χ1v) is 10.4. The molecule has 0 spiro atoms. The van der Waals surface area contributed by atoms with Crippen molar-refractivity contribution in [1.82, 2.24) is 10.2 Å². The minimum atomic E-state index is -2.97. The smallest absolute Gasteiger partial charge is 0.407 e. The number of hydrogen-bond acceptors (Lipinski definition) is 5. The molecule has 6 nitrogen and oxygen atoms in total. The first-order chi connectivity index (χ1) is 13.9. The molecule has 3 N–H and O–H groups in total. The highest BCUT2D eigenvalue weighted by atomic mass is 19.3. The normalized spacial score (nSPS) is 23.3. The molecule has 2 aliphatic heterocycles. The molecule has 1 aromatic rings. The van der Waals surface area contributed by atoms with Crippen molar-refractivity contribution in [1.29, 1.82) is 0 Å². The molecule has 0 aliphatic carbocycles. The predicted octanol–water partition coefficient (Wildman–Crippen LogP) is 3.61. The summed E-state index contributed by atoms with van der Waals surface area (Å²) < 4.78 is 49.4. The number of anilines is 2. The molecule has 0 radical (unpaired) electrons. The van der Waals surface area contributed by atoms with Gasteiger partial charge in [0.2, 0.25) is 0 Å². The topological polar surface area (TPSA) is 70.8 Å². The number of hydrogen-bond donors (Lipinski definition) is 2. The van der Waals surface area contributed by atoms with Crippen molar-refractivity contribution in [3.8, 4) is 0 Å². The van der Waals surface area contributed by atoms with Crippen LogP contribution in [-0.4, -0.2) is 60.8 Å². The second-order valence-electron chi connectivity index (χ2n) is 9.15. The number of carbonyl (C=O) groups is 1. The lowest BCUT2D eigenvalue weighted by molar-refractivity contribution is -0.0937. The van der Waals surface area contributed by atoms with Crippen LogP contribution in [0.4, 0.5) is 29.3 Å². The van der Waals surface area contributed by atoms with E-state index in [2.05, 4.69) is 5.32 Å². The first-order valence-electron chi connectivity index (χ1n) is 10.4. The number of alkyl carbamates (subject to hydrolysis) is 1. The van der Waals surface area contributed by atoms with Gasteiger partial charge >= 0.3 is 6.09 Å². The molecule has 2 fully saturated rings. The van der Waals surface area contributed by atoms with Gasteiger partial charge < -0.3 is 20.7 Å². The van der Waals surface area contributed by atoms with Crippen LogP contribution in [-0.2, 0) is 4.74 Å². The van der Waals surface area contributed by atoms with E-state index in [0.717, 1.165) is 6.07 Å². The zero-order chi connectivity index (χ0) is 22.1. The molecular formula is C21H31F3N4O2. The van der Waals surface area contributed by atoms with Gasteiger partial charge in [0.05, 0.1) is 18.3 Å². The Kier molecular flexibility index (Phi) is 6.40. The molecule has 1 unspecified atom stereocenters. The summed E-state index contributed by atoms with van der Waals surface area (Å²) in [6.07, 6.45) is 0.927. The van der Waals surface area contributed by atoms with E-state index in [4.69, 9.17) is 10.5 Å². The third kappa shape index (κ3) is 5.50. The number of alkyl halides is 2. The van der Waals surface area contributed by atoms with Gasteiger partial charge in [0.25, 0.3) is 5.92 Å². The number of nitrogens with two attached hydrogens (primary N) is 1. The second-order valence-corrected chi connectivity index (χ2v) is 9.15. The number of amides is 1. The minimum absolute atomic E-state index is 0.0892. The molecule has 2 saturated heterocycles. The number of piperidine rings is 2. The van der Waals surface area contributed by atoms with Gasteiger partial charge in [-0.1, -0.05) is 0 Å². The molecule has 9 heteroatoms. The molecule has 3 rings (SSSR count). The van der Waals surface area contributed by atoms with Crippen LogP contribution in [0.3, 0.4) is 0 Å². The predicted molar refractivity (Wildman–Crippen MR) is 110 cm³/mol. The number of nitrogen functional groups attached to an aromatic ring is 1. The van der Waals surface area contributed by atoms with Gasteiger partial charge in [-0.15, -0.1) is 0 Å². The molecule has 2 aliphatic rings.